The summed E-state index contributed by atoms with van der Waals surface area (Å²) in [4.78, 5) is 8.40. The number of aromatic nitrogens is 1. The summed E-state index contributed by atoms with van der Waals surface area (Å²) in [6.07, 6.45) is 2.07. The molecule has 7 heteroatoms. The average Bonchev–Trinajstić information content (AvgIpc) is 2.50. The highest BCUT2D eigenvalue weighted by Crippen LogP contribution is 2.35. The molecule has 0 unspecified atom stereocenters. The van der Waals surface area contributed by atoms with Crippen molar-refractivity contribution in [3.05, 3.63) is 45.7 Å². The zero-order chi connectivity index (χ0) is 15.5. The lowest BCUT2D eigenvalue weighted by atomic mass is 10.2. The van der Waals surface area contributed by atoms with Gasteiger partial charge in [-0.25, -0.2) is 9.98 Å². The van der Waals surface area contributed by atoms with Crippen LogP contribution in [0.25, 0.3) is 0 Å². The zero-order valence-electron chi connectivity index (χ0n) is 11.6. The average molecular weight is 383 g/mol. The van der Waals surface area contributed by atoms with Crippen LogP contribution >= 0.6 is 27.5 Å². The maximum Gasteiger partial charge on any atom is 0.171 e. The normalized spacial score (nSPS) is 14.9. The fraction of sp³-hybridized carbons (Fsp3) is 0.200. The van der Waals surface area contributed by atoms with Gasteiger partial charge in [0.2, 0.25) is 0 Å². The van der Waals surface area contributed by atoms with Gasteiger partial charge in [0, 0.05) is 22.5 Å². The Labute approximate surface area is 141 Å². The number of aliphatic imine (C=N–C) groups is 1. The molecule has 0 radical (unpaired) electrons. The van der Waals surface area contributed by atoms with Gasteiger partial charge in [0.05, 0.1) is 19.4 Å². The van der Waals surface area contributed by atoms with Crippen molar-refractivity contribution >= 4 is 39.1 Å². The summed E-state index contributed by atoms with van der Waals surface area (Å²) < 4.78 is 12.5. The first-order chi connectivity index (χ1) is 10.6. The lowest BCUT2D eigenvalue weighted by Gasteiger charge is -2.12. The summed E-state index contributed by atoms with van der Waals surface area (Å²) in [6.45, 7) is 0.911. The minimum absolute atomic E-state index is 0.334. The highest BCUT2D eigenvalue weighted by molar-refractivity contribution is 9.10. The Hall–Kier alpha value is -1.63. The van der Waals surface area contributed by atoms with E-state index >= 15 is 0 Å². The monoisotopic (exact) mass is 381 g/mol. The topological polar surface area (TPSA) is 69.7 Å². The Morgan fingerprint density at radius 3 is 2.95 bits per heavy atom. The predicted molar refractivity (Wildman–Crippen MR) is 89.0 cm³/mol. The van der Waals surface area contributed by atoms with Crippen molar-refractivity contribution in [2.75, 3.05) is 6.61 Å². The number of ether oxygens (including phenoxy) is 2. The van der Waals surface area contributed by atoms with E-state index in [-0.39, 0.29) is 0 Å². The third kappa shape index (κ3) is 3.58. The van der Waals surface area contributed by atoms with Crippen LogP contribution in [0.4, 0.5) is 5.69 Å². The predicted octanol–water partition coefficient (Wildman–Crippen LogP) is 4.20. The zero-order valence-corrected chi connectivity index (χ0v) is 13.9. The number of halogens is 2. The number of amidine groups is 1. The van der Waals surface area contributed by atoms with Crippen LogP contribution in [-0.4, -0.2) is 17.4 Å². The molecule has 1 aliphatic heterocycles. The van der Waals surface area contributed by atoms with E-state index in [4.69, 9.17) is 26.8 Å². The first kappa shape index (κ1) is 15.3. The van der Waals surface area contributed by atoms with Gasteiger partial charge in [-0.15, -0.1) is 0 Å². The van der Waals surface area contributed by atoms with Gasteiger partial charge in [0.15, 0.2) is 5.75 Å². The Morgan fingerprint density at radius 2 is 2.09 bits per heavy atom. The van der Waals surface area contributed by atoms with Crippen molar-refractivity contribution in [1.29, 1.82) is 0 Å². The van der Waals surface area contributed by atoms with E-state index < -0.39 is 0 Å². The molecule has 1 aliphatic rings. The fourth-order valence-corrected chi connectivity index (χ4v) is 2.58. The van der Waals surface area contributed by atoms with Gasteiger partial charge in [0.25, 0.3) is 0 Å². The lowest BCUT2D eigenvalue weighted by Crippen LogP contribution is -2.14. The summed E-state index contributed by atoms with van der Waals surface area (Å²) in [5.74, 6) is 1.64. The first-order valence-corrected chi connectivity index (χ1v) is 7.81. The van der Waals surface area contributed by atoms with Gasteiger partial charge in [-0.2, -0.15) is 0 Å². The molecule has 2 heterocycles. The second-order valence-electron chi connectivity index (χ2n) is 4.73. The standard InChI is InChI=1S/C15H13BrClN3O2/c16-10-1-2-12-9(5-10)8-21-4-3-15(18)20-11-6-14(17)19-7-13(11)22-12/h1-2,5-7H,3-4,8H2,(H2,18,20). The van der Waals surface area contributed by atoms with Crippen LogP contribution in [0, 0.1) is 0 Å². The van der Waals surface area contributed by atoms with Crippen LogP contribution in [0.5, 0.6) is 11.5 Å². The van der Waals surface area contributed by atoms with Crippen molar-refractivity contribution in [3.8, 4) is 11.5 Å². The highest BCUT2D eigenvalue weighted by atomic mass is 79.9. The smallest absolute Gasteiger partial charge is 0.171 e. The van der Waals surface area contributed by atoms with Crippen molar-refractivity contribution in [2.24, 2.45) is 10.7 Å². The Balaban J connectivity index is 2.08. The van der Waals surface area contributed by atoms with Gasteiger partial charge < -0.3 is 15.2 Å². The number of benzene rings is 1. The molecule has 2 aromatic rings. The molecule has 0 atom stereocenters. The molecule has 0 bridgehead atoms. The lowest BCUT2D eigenvalue weighted by molar-refractivity contribution is 0.126. The molecule has 0 amide bonds. The number of pyridine rings is 1. The minimum Gasteiger partial charge on any atom is -0.453 e. The number of nitrogens with zero attached hydrogens (tertiary/aromatic N) is 2. The SMILES string of the molecule is NC1=Nc2cc(Cl)ncc2Oc2ccc(Br)cc2COCC1. The summed E-state index contributed by atoms with van der Waals surface area (Å²) in [5, 5.41) is 0.334. The quantitative estimate of drug-likeness (QED) is 0.693. The maximum atomic E-state index is 5.95. The second-order valence-corrected chi connectivity index (χ2v) is 6.04. The molecule has 5 nitrogen and oxygen atoms in total. The highest BCUT2D eigenvalue weighted by Gasteiger charge is 2.13. The summed E-state index contributed by atoms with van der Waals surface area (Å²) >= 11 is 9.39. The third-order valence-electron chi connectivity index (χ3n) is 3.08. The first-order valence-electron chi connectivity index (χ1n) is 6.64. The number of fused-ring (bicyclic) bond motifs is 2. The van der Waals surface area contributed by atoms with Gasteiger partial charge >= 0.3 is 0 Å². The van der Waals surface area contributed by atoms with E-state index in [0.717, 1.165) is 10.0 Å². The molecule has 0 saturated carbocycles. The molecular formula is C15H13BrClN3O2. The van der Waals surface area contributed by atoms with Crippen molar-refractivity contribution in [1.82, 2.24) is 4.98 Å². The molecule has 0 fully saturated rings. The number of hydrogen-bond acceptors (Lipinski definition) is 5. The third-order valence-corrected chi connectivity index (χ3v) is 3.78. The molecule has 0 spiro atoms. The van der Waals surface area contributed by atoms with Crippen molar-refractivity contribution in [3.63, 3.8) is 0 Å². The van der Waals surface area contributed by atoms with Gasteiger partial charge in [0.1, 0.15) is 22.4 Å². The molecule has 0 saturated heterocycles. The molecule has 1 aromatic heterocycles. The Morgan fingerprint density at radius 1 is 1.23 bits per heavy atom. The van der Waals surface area contributed by atoms with E-state index in [0.29, 0.717) is 47.8 Å². The largest absolute Gasteiger partial charge is 0.453 e. The van der Waals surface area contributed by atoms with Crippen LogP contribution in [-0.2, 0) is 11.3 Å². The molecule has 0 aliphatic carbocycles. The Bertz CT molecular complexity index is 737. The van der Waals surface area contributed by atoms with Gasteiger partial charge in [-0.05, 0) is 18.2 Å². The van der Waals surface area contributed by atoms with Crippen molar-refractivity contribution in [2.45, 2.75) is 13.0 Å². The molecule has 2 N–H and O–H groups in total. The van der Waals surface area contributed by atoms with Gasteiger partial charge in [-0.1, -0.05) is 27.5 Å². The number of rotatable bonds is 0. The van der Waals surface area contributed by atoms with Crippen LogP contribution in [0.15, 0.2) is 39.9 Å². The summed E-state index contributed by atoms with van der Waals surface area (Å²) in [6, 6.07) is 7.35. The molecule has 22 heavy (non-hydrogen) atoms. The maximum absolute atomic E-state index is 5.95. The van der Waals surface area contributed by atoms with Gasteiger partial charge in [-0.3, -0.25) is 0 Å². The van der Waals surface area contributed by atoms with E-state index in [1.165, 1.54) is 0 Å². The number of hydrogen-bond donors (Lipinski definition) is 1. The van der Waals surface area contributed by atoms with E-state index in [9.17, 15) is 0 Å². The van der Waals surface area contributed by atoms with E-state index in [2.05, 4.69) is 25.9 Å². The molecule has 3 rings (SSSR count). The van der Waals surface area contributed by atoms with Crippen LogP contribution < -0.4 is 10.5 Å². The van der Waals surface area contributed by atoms with E-state index in [1.54, 1.807) is 12.3 Å². The molecular weight excluding hydrogens is 370 g/mol. The Kier molecular flexibility index (Phi) is 4.61. The van der Waals surface area contributed by atoms with E-state index in [1.807, 2.05) is 18.2 Å². The van der Waals surface area contributed by atoms with Crippen LogP contribution in [0.1, 0.15) is 12.0 Å². The summed E-state index contributed by atoms with van der Waals surface area (Å²) in [5.41, 5.74) is 7.39. The fourth-order valence-electron chi connectivity index (χ4n) is 2.02. The minimum atomic E-state index is 0.334. The number of nitrogens with two attached hydrogens (primary N) is 1. The van der Waals surface area contributed by atoms with Crippen molar-refractivity contribution < 1.29 is 9.47 Å². The molecule has 114 valence electrons. The second kappa shape index (κ2) is 6.64. The van der Waals surface area contributed by atoms with Crippen LogP contribution in [0.3, 0.4) is 0 Å². The summed E-state index contributed by atoms with van der Waals surface area (Å²) in [7, 11) is 0. The van der Waals surface area contributed by atoms with Crippen LogP contribution in [0.2, 0.25) is 5.15 Å². The molecule has 1 aromatic carbocycles.